The van der Waals surface area contributed by atoms with E-state index < -0.39 is 10.0 Å². The van der Waals surface area contributed by atoms with Crippen LogP contribution < -0.4 is 9.62 Å². The van der Waals surface area contributed by atoms with Crippen molar-refractivity contribution in [3.8, 4) is 0 Å². The molecule has 0 heterocycles. The molecule has 5 nitrogen and oxygen atoms in total. The fourth-order valence-corrected chi connectivity index (χ4v) is 4.12. The summed E-state index contributed by atoms with van der Waals surface area (Å²) in [5, 5.41) is 3.56. The Hall–Kier alpha value is -2.54. The summed E-state index contributed by atoms with van der Waals surface area (Å²) in [6, 6.07) is 18.8. The number of nitrogens with zero attached hydrogens (tertiary/aromatic N) is 1. The third-order valence-electron chi connectivity index (χ3n) is 4.41. The molecule has 0 saturated carbocycles. The summed E-state index contributed by atoms with van der Waals surface area (Å²) in [6.45, 7) is 2.06. The van der Waals surface area contributed by atoms with Crippen molar-refractivity contribution >= 4 is 50.5 Å². The van der Waals surface area contributed by atoms with Crippen molar-refractivity contribution in [2.45, 2.75) is 13.5 Å². The topological polar surface area (TPSA) is 66.5 Å². The van der Waals surface area contributed by atoms with Gasteiger partial charge in [0, 0.05) is 10.6 Å². The first kappa shape index (κ1) is 22.2. The number of rotatable bonds is 6. The number of hydrogen-bond acceptors (Lipinski definition) is 3. The summed E-state index contributed by atoms with van der Waals surface area (Å²) in [6.07, 6.45) is 1.17. The monoisotopic (exact) mass is 462 g/mol. The van der Waals surface area contributed by atoms with E-state index in [1.54, 1.807) is 48.5 Å². The van der Waals surface area contributed by atoms with E-state index >= 15 is 0 Å². The third kappa shape index (κ3) is 5.53. The number of anilines is 2. The highest BCUT2D eigenvalue weighted by Gasteiger charge is 2.18. The molecule has 1 amide bonds. The Morgan fingerprint density at radius 1 is 1.00 bits per heavy atom. The predicted molar refractivity (Wildman–Crippen MR) is 123 cm³/mol. The van der Waals surface area contributed by atoms with Gasteiger partial charge in [-0.05, 0) is 60.5 Å². The molecule has 0 spiro atoms. The quantitative estimate of drug-likeness (QED) is 0.524. The number of sulfonamides is 1. The smallest absolute Gasteiger partial charge is 0.255 e. The highest BCUT2D eigenvalue weighted by Crippen LogP contribution is 2.26. The highest BCUT2D eigenvalue weighted by atomic mass is 35.5. The van der Waals surface area contributed by atoms with E-state index in [0.29, 0.717) is 27.0 Å². The van der Waals surface area contributed by atoms with Gasteiger partial charge in [0.15, 0.2) is 0 Å². The van der Waals surface area contributed by atoms with Crippen LogP contribution >= 0.6 is 23.2 Å². The van der Waals surface area contributed by atoms with Gasteiger partial charge in [0.2, 0.25) is 10.0 Å². The first-order valence-electron chi connectivity index (χ1n) is 9.03. The van der Waals surface area contributed by atoms with Gasteiger partial charge in [-0.15, -0.1) is 0 Å². The molecule has 0 radical (unpaired) electrons. The van der Waals surface area contributed by atoms with Gasteiger partial charge in [0.1, 0.15) is 0 Å². The minimum atomic E-state index is -3.48. The first-order chi connectivity index (χ1) is 14.1. The van der Waals surface area contributed by atoms with Gasteiger partial charge < -0.3 is 5.32 Å². The van der Waals surface area contributed by atoms with E-state index in [2.05, 4.69) is 5.32 Å². The Morgan fingerprint density at radius 2 is 1.70 bits per heavy atom. The van der Waals surface area contributed by atoms with Gasteiger partial charge in [-0.25, -0.2) is 8.42 Å². The third-order valence-corrected chi connectivity index (χ3v) is 6.11. The Bertz CT molecular complexity index is 1180. The molecule has 0 aliphatic carbocycles. The van der Waals surface area contributed by atoms with Gasteiger partial charge in [-0.3, -0.25) is 9.10 Å². The molecular formula is C22H20Cl2N2O3S. The highest BCUT2D eigenvalue weighted by molar-refractivity contribution is 7.92. The average molecular weight is 463 g/mol. The van der Waals surface area contributed by atoms with E-state index in [1.807, 2.05) is 25.1 Å². The van der Waals surface area contributed by atoms with Crippen molar-refractivity contribution in [3.63, 3.8) is 0 Å². The SMILES string of the molecule is Cc1cccc(N(Cc2ccc(C(=O)Nc3cc(Cl)ccc3Cl)cc2)S(C)(=O)=O)c1. The van der Waals surface area contributed by atoms with Crippen LogP contribution in [0.25, 0.3) is 0 Å². The van der Waals surface area contributed by atoms with Crippen LogP contribution in [-0.2, 0) is 16.6 Å². The minimum absolute atomic E-state index is 0.157. The lowest BCUT2D eigenvalue weighted by atomic mass is 10.1. The van der Waals surface area contributed by atoms with Crippen LogP contribution in [0.1, 0.15) is 21.5 Å². The summed E-state index contributed by atoms with van der Waals surface area (Å²) in [5.74, 6) is -0.343. The zero-order chi connectivity index (χ0) is 21.9. The molecule has 0 atom stereocenters. The average Bonchev–Trinajstić information content (AvgIpc) is 2.68. The molecule has 0 aromatic heterocycles. The van der Waals surface area contributed by atoms with E-state index in [1.165, 1.54) is 10.6 Å². The lowest BCUT2D eigenvalue weighted by molar-refractivity contribution is 0.102. The van der Waals surface area contributed by atoms with Crippen LogP contribution in [0, 0.1) is 6.92 Å². The lowest BCUT2D eigenvalue weighted by Crippen LogP contribution is -2.29. The summed E-state index contributed by atoms with van der Waals surface area (Å²) in [7, 11) is -3.48. The number of aryl methyl sites for hydroxylation is 1. The molecule has 0 aliphatic heterocycles. The summed E-state index contributed by atoms with van der Waals surface area (Å²) >= 11 is 12.0. The molecule has 0 saturated heterocycles. The zero-order valence-electron chi connectivity index (χ0n) is 16.4. The maximum absolute atomic E-state index is 12.5. The molecule has 0 aliphatic rings. The summed E-state index contributed by atoms with van der Waals surface area (Å²) in [4.78, 5) is 12.5. The summed E-state index contributed by atoms with van der Waals surface area (Å²) in [5.41, 5.74) is 3.14. The lowest BCUT2D eigenvalue weighted by Gasteiger charge is -2.23. The molecule has 30 heavy (non-hydrogen) atoms. The van der Waals surface area contributed by atoms with Gasteiger partial charge in [-0.2, -0.15) is 0 Å². The van der Waals surface area contributed by atoms with E-state index in [0.717, 1.165) is 11.1 Å². The number of hydrogen-bond donors (Lipinski definition) is 1. The molecule has 0 bridgehead atoms. The normalized spacial score (nSPS) is 11.2. The van der Waals surface area contributed by atoms with Gasteiger partial charge in [0.25, 0.3) is 5.91 Å². The molecule has 3 aromatic rings. The van der Waals surface area contributed by atoms with Crippen molar-refractivity contribution in [2.75, 3.05) is 15.9 Å². The number of nitrogens with one attached hydrogen (secondary N) is 1. The van der Waals surface area contributed by atoms with Crippen LogP contribution in [0.5, 0.6) is 0 Å². The van der Waals surface area contributed by atoms with E-state index in [4.69, 9.17) is 23.2 Å². The second-order valence-corrected chi connectivity index (χ2v) is 9.63. The Labute approximate surface area is 186 Å². The van der Waals surface area contributed by atoms with Crippen LogP contribution in [0.15, 0.2) is 66.7 Å². The Balaban J connectivity index is 1.78. The van der Waals surface area contributed by atoms with Crippen LogP contribution in [0.4, 0.5) is 11.4 Å². The van der Waals surface area contributed by atoms with Crippen molar-refractivity contribution in [2.24, 2.45) is 0 Å². The van der Waals surface area contributed by atoms with Crippen LogP contribution in [0.2, 0.25) is 10.0 Å². The summed E-state index contributed by atoms with van der Waals surface area (Å²) < 4.78 is 26.0. The number of benzene rings is 3. The van der Waals surface area contributed by atoms with Crippen molar-refractivity contribution in [1.82, 2.24) is 0 Å². The van der Waals surface area contributed by atoms with Gasteiger partial charge >= 0.3 is 0 Å². The fourth-order valence-electron chi connectivity index (χ4n) is 2.90. The first-order valence-corrected chi connectivity index (χ1v) is 11.6. The standard InChI is InChI=1S/C22H20Cl2N2O3S/c1-15-4-3-5-19(12-15)26(30(2,28)29)14-16-6-8-17(9-7-16)22(27)25-21-13-18(23)10-11-20(21)24/h3-13H,14H2,1-2H3,(H,25,27). The van der Waals surface area contributed by atoms with Crippen molar-refractivity contribution < 1.29 is 13.2 Å². The maximum Gasteiger partial charge on any atom is 0.255 e. The molecule has 1 N–H and O–H groups in total. The number of carbonyl (C=O) groups excluding carboxylic acids is 1. The molecule has 156 valence electrons. The molecule has 8 heteroatoms. The number of amides is 1. The second kappa shape index (κ2) is 9.08. The second-order valence-electron chi connectivity index (χ2n) is 6.88. The van der Waals surface area contributed by atoms with Crippen molar-refractivity contribution in [3.05, 3.63) is 93.5 Å². The number of halogens is 2. The number of carbonyl (C=O) groups is 1. The largest absolute Gasteiger partial charge is 0.321 e. The van der Waals surface area contributed by atoms with E-state index in [9.17, 15) is 13.2 Å². The van der Waals surface area contributed by atoms with Crippen LogP contribution in [-0.4, -0.2) is 20.6 Å². The van der Waals surface area contributed by atoms with Gasteiger partial charge in [-0.1, -0.05) is 47.5 Å². The minimum Gasteiger partial charge on any atom is -0.321 e. The molecule has 0 unspecified atom stereocenters. The van der Waals surface area contributed by atoms with Crippen LogP contribution in [0.3, 0.4) is 0 Å². The van der Waals surface area contributed by atoms with Gasteiger partial charge in [0.05, 0.1) is 29.2 Å². The Morgan fingerprint density at radius 3 is 2.33 bits per heavy atom. The molecule has 3 aromatic carbocycles. The zero-order valence-corrected chi connectivity index (χ0v) is 18.7. The molecule has 0 fully saturated rings. The fraction of sp³-hybridized carbons (Fsp3) is 0.136. The van der Waals surface area contributed by atoms with E-state index in [-0.39, 0.29) is 12.5 Å². The molecular weight excluding hydrogens is 443 g/mol. The van der Waals surface area contributed by atoms with Crippen molar-refractivity contribution in [1.29, 1.82) is 0 Å². The molecule has 3 rings (SSSR count). The maximum atomic E-state index is 12.5. The predicted octanol–water partition coefficient (Wildman–Crippen LogP) is 5.52. The Kier molecular flexibility index (Phi) is 6.71.